The molecule has 2 rings (SSSR count). The maximum atomic E-state index is 11.9. The first-order valence-corrected chi connectivity index (χ1v) is 7.23. The minimum atomic E-state index is -0.761. The van der Waals surface area contributed by atoms with Gasteiger partial charge in [-0.2, -0.15) is 0 Å². The minimum absolute atomic E-state index is 0.112. The molecule has 1 aliphatic rings. The molecule has 0 saturated carbocycles. The summed E-state index contributed by atoms with van der Waals surface area (Å²) >= 11 is 1.54. The number of likely N-dealkylation sites (tertiary alicyclic amines) is 1. The van der Waals surface area contributed by atoms with Crippen molar-refractivity contribution in [3.63, 3.8) is 0 Å². The van der Waals surface area contributed by atoms with Crippen LogP contribution in [-0.4, -0.2) is 46.6 Å². The molecule has 0 spiro atoms. The van der Waals surface area contributed by atoms with Gasteiger partial charge in [0, 0.05) is 31.4 Å². The van der Waals surface area contributed by atoms with E-state index in [2.05, 4.69) is 10.3 Å². The number of carbonyl (C=O) groups is 2. The maximum absolute atomic E-state index is 11.9. The molecule has 0 unspecified atom stereocenters. The summed E-state index contributed by atoms with van der Waals surface area (Å²) in [6.07, 6.45) is 1.80. The number of carbonyl (C=O) groups excluding carboxylic acids is 1. The Bertz CT molecular complexity index is 427. The van der Waals surface area contributed by atoms with Crippen LogP contribution in [0.5, 0.6) is 0 Å². The molecule has 1 aliphatic heterocycles. The second kappa shape index (κ2) is 6.51. The Morgan fingerprint density at radius 2 is 2.21 bits per heavy atom. The number of nitrogens with one attached hydrogen (secondary N) is 1. The van der Waals surface area contributed by atoms with E-state index in [1.165, 1.54) is 11.3 Å². The smallest absolute Gasteiger partial charge is 0.317 e. The number of hydrogen-bond acceptors (Lipinski definition) is 4. The van der Waals surface area contributed by atoms with Crippen molar-refractivity contribution in [1.29, 1.82) is 0 Å². The Hall–Kier alpha value is -1.63. The first kappa shape index (κ1) is 13.8. The van der Waals surface area contributed by atoms with Gasteiger partial charge in [0.25, 0.3) is 0 Å². The average Bonchev–Trinajstić information content (AvgIpc) is 2.92. The number of nitrogens with zero attached hydrogens (tertiary/aromatic N) is 2. The van der Waals surface area contributed by atoms with Crippen molar-refractivity contribution in [2.75, 3.05) is 19.6 Å². The quantitative estimate of drug-likeness (QED) is 0.869. The number of rotatable bonds is 4. The summed E-state index contributed by atoms with van der Waals surface area (Å²) in [7, 11) is 0. The summed E-state index contributed by atoms with van der Waals surface area (Å²) < 4.78 is 0. The van der Waals surface area contributed by atoms with E-state index in [4.69, 9.17) is 5.11 Å². The summed E-state index contributed by atoms with van der Waals surface area (Å²) in [5.41, 5.74) is 2.75. The Morgan fingerprint density at radius 3 is 2.79 bits per heavy atom. The van der Waals surface area contributed by atoms with E-state index >= 15 is 0 Å². The van der Waals surface area contributed by atoms with Crippen molar-refractivity contribution < 1.29 is 14.7 Å². The van der Waals surface area contributed by atoms with Crippen molar-refractivity contribution in [1.82, 2.24) is 15.2 Å². The Labute approximate surface area is 115 Å². The number of aromatic nitrogens is 1. The van der Waals surface area contributed by atoms with Crippen LogP contribution in [0.2, 0.25) is 0 Å². The molecule has 1 fully saturated rings. The second-order valence-electron chi connectivity index (χ2n) is 4.56. The highest BCUT2D eigenvalue weighted by atomic mass is 32.1. The molecule has 1 aromatic rings. The van der Waals surface area contributed by atoms with Crippen LogP contribution < -0.4 is 5.32 Å². The van der Waals surface area contributed by atoms with Crippen molar-refractivity contribution in [3.8, 4) is 0 Å². The SMILES string of the molecule is O=C(O)C1CCN(C(=O)NCCc2cscn2)CC1. The van der Waals surface area contributed by atoms with Gasteiger partial charge in [-0.3, -0.25) is 4.79 Å². The molecular weight excluding hydrogens is 266 g/mol. The Kier molecular flexibility index (Phi) is 4.73. The maximum Gasteiger partial charge on any atom is 0.317 e. The third-order valence-corrected chi connectivity index (χ3v) is 3.91. The largest absolute Gasteiger partial charge is 0.481 e. The molecule has 104 valence electrons. The van der Waals surface area contributed by atoms with E-state index in [1.807, 2.05) is 5.38 Å². The molecule has 0 aromatic carbocycles. The molecule has 2 heterocycles. The van der Waals surface area contributed by atoms with Crippen molar-refractivity contribution in [2.45, 2.75) is 19.3 Å². The number of thiazole rings is 1. The fourth-order valence-corrected chi connectivity index (χ4v) is 2.69. The number of carboxylic acids is 1. The van der Waals surface area contributed by atoms with Crippen LogP contribution in [0.4, 0.5) is 4.79 Å². The third-order valence-electron chi connectivity index (χ3n) is 3.27. The zero-order valence-electron chi connectivity index (χ0n) is 10.5. The van der Waals surface area contributed by atoms with Gasteiger partial charge >= 0.3 is 12.0 Å². The van der Waals surface area contributed by atoms with E-state index in [0.717, 1.165) is 12.1 Å². The standard InChI is InChI=1S/C12H17N3O3S/c16-11(17)9-2-5-15(6-3-9)12(18)13-4-1-10-7-19-8-14-10/h7-9H,1-6H2,(H,13,18)(H,16,17). The van der Waals surface area contributed by atoms with Gasteiger partial charge in [0.15, 0.2) is 0 Å². The zero-order valence-corrected chi connectivity index (χ0v) is 11.4. The van der Waals surface area contributed by atoms with Crippen molar-refractivity contribution in [2.24, 2.45) is 5.92 Å². The lowest BCUT2D eigenvalue weighted by molar-refractivity contribution is -0.143. The highest BCUT2D eigenvalue weighted by molar-refractivity contribution is 7.07. The minimum Gasteiger partial charge on any atom is -0.481 e. The molecule has 1 aromatic heterocycles. The lowest BCUT2D eigenvalue weighted by Crippen LogP contribution is -2.45. The van der Waals surface area contributed by atoms with Crippen LogP contribution >= 0.6 is 11.3 Å². The molecule has 0 atom stereocenters. The van der Waals surface area contributed by atoms with Crippen LogP contribution in [0.3, 0.4) is 0 Å². The van der Waals surface area contributed by atoms with E-state index < -0.39 is 5.97 Å². The van der Waals surface area contributed by atoms with E-state index in [9.17, 15) is 9.59 Å². The van der Waals surface area contributed by atoms with Gasteiger partial charge in [-0.15, -0.1) is 11.3 Å². The highest BCUT2D eigenvalue weighted by Crippen LogP contribution is 2.17. The van der Waals surface area contributed by atoms with Gasteiger partial charge in [0.05, 0.1) is 17.1 Å². The molecule has 2 amide bonds. The molecule has 0 radical (unpaired) electrons. The van der Waals surface area contributed by atoms with E-state index in [-0.39, 0.29) is 11.9 Å². The van der Waals surface area contributed by atoms with Crippen LogP contribution in [0.25, 0.3) is 0 Å². The van der Waals surface area contributed by atoms with E-state index in [1.54, 1.807) is 10.4 Å². The average molecular weight is 283 g/mol. The summed E-state index contributed by atoms with van der Waals surface area (Å²) in [5, 5.41) is 13.7. The summed E-state index contributed by atoms with van der Waals surface area (Å²) in [6.45, 7) is 1.58. The summed E-state index contributed by atoms with van der Waals surface area (Å²) in [4.78, 5) is 28.5. The Morgan fingerprint density at radius 1 is 1.47 bits per heavy atom. The number of urea groups is 1. The number of aliphatic carboxylic acids is 1. The second-order valence-corrected chi connectivity index (χ2v) is 5.28. The molecule has 0 aliphatic carbocycles. The van der Waals surface area contributed by atoms with E-state index in [0.29, 0.717) is 32.5 Å². The first-order chi connectivity index (χ1) is 9.16. The van der Waals surface area contributed by atoms with Crippen LogP contribution in [0.1, 0.15) is 18.5 Å². The number of hydrogen-bond donors (Lipinski definition) is 2. The number of carboxylic acid groups (broad SMARTS) is 1. The third kappa shape index (κ3) is 3.92. The highest BCUT2D eigenvalue weighted by Gasteiger charge is 2.26. The van der Waals surface area contributed by atoms with Gasteiger partial charge in [-0.1, -0.05) is 0 Å². The molecule has 6 nitrogen and oxygen atoms in total. The lowest BCUT2D eigenvalue weighted by Gasteiger charge is -2.30. The van der Waals surface area contributed by atoms with Crippen LogP contribution in [-0.2, 0) is 11.2 Å². The molecular formula is C12H17N3O3S. The molecule has 1 saturated heterocycles. The first-order valence-electron chi connectivity index (χ1n) is 6.29. The normalized spacial score (nSPS) is 16.3. The fourth-order valence-electron chi connectivity index (χ4n) is 2.10. The van der Waals surface area contributed by atoms with Gasteiger partial charge in [-0.25, -0.2) is 9.78 Å². The van der Waals surface area contributed by atoms with Gasteiger partial charge < -0.3 is 15.3 Å². The number of piperidine rings is 1. The van der Waals surface area contributed by atoms with Crippen molar-refractivity contribution >= 4 is 23.3 Å². The van der Waals surface area contributed by atoms with Crippen LogP contribution in [0.15, 0.2) is 10.9 Å². The summed E-state index contributed by atoms with van der Waals surface area (Å²) in [6, 6.07) is -0.112. The molecule has 2 N–H and O–H groups in total. The number of amides is 2. The summed E-state index contributed by atoms with van der Waals surface area (Å²) in [5.74, 6) is -1.07. The Balaban J connectivity index is 1.68. The monoisotopic (exact) mass is 283 g/mol. The van der Waals surface area contributed by atoms with Gasteiger partial charge in [0.1, 0.15) is 0 Å². The molecule has 19 heavy (non-hydrogen) atoms. The topological polar surface area (TPSA) is 82.5 Å². The molecule has 0 bridgehead atoms. The predicted molar refractivity (Wildman–Crippen MR) is 71.1 cm³/mol. The van der Waals surface area contributed by atoms with Gasteiger partial charge in [-0.05, 0) is 12.8 Å². The van der Waals surface area contributed by atoms with Gasteiger partial charge in [0.2, 0.25) is 0 Å². The molecule has 7 heteroatoms. The van der Waals surface area contributed by atoms with Crippen molar-refractivity contribution in [3.05, 3.63) is 16.6 Å². The zero-order chi connectivity index (χ0) is 13.7. The fraction of sp³-hybridized carbons (Fsp3) is 0.583. The lowest BCUT2D eigenvalue weighted by atomic mass is 9.97. The predicted octanol–water partition coefficient (Wildman–Crippen LogP) is 1.19. The van der Waals surface area contributed by atoms with Crippen LogP contribution in [0, 0.1) is 5.92 Å².